The van der Waals surface area contributed by atoms with Gasteiger partial charge in [-0.1, -0.05) is 23.7 Å². The third-order valence-corrected chi connectivity index (χ3v) is 4.03. The summed E-state index contributed by atoms with van der Waals surface area (Å²) in [7, 11) is 1.60. The van der Waals surface area contributed by atoms with Gasteiger partial charge in [0.15, 0.2) is 0 Å². The summed E-state index contributed by atoms with van der Waals surface area (Å²) < 4.78 is 10.8. The zero-order valence-corrected chi connectivity index (χ0v) is 15.5. The largest absolute Gasteiger partial charge is 0.497 e. The first-order chi connectivity index (χ1) is 13.1. The van der Waals surface area contributed by atoms with Crippen LogP contribution in [0.1, 0.15) is 5.56 Å². The minimum Gasteiger partial charge on any atom is -0.497 e. The Morgan fingerprint density at radius 2 is 1.33 bits per heavy atom. The fraction of sp³-hybridized carbons (Fsp3) is 0.0952. The van der Waals surface area contributed by atoms with Gasteiger partial charge in [-0.2, -0.15) is 0 Å². The van der Waals surface area contributed by atoms with Crippen molar-refractivity contribution >= 4 is 29.0 Å². The normalized spacial score (nSPS) is 10.1. The first-order valence-corrected chi connectivity index (χ1v) is 8.69. The lowest BCUT2D eigenvalue weighted by Gasteiger charge is -2.10. The molecule has 0 aliphatic carbocycles. The number of anilines is 2. The highest BCUT2D eigenvalue weighted by molar-refractivity contribution is 6.30. The molecule has 0 saturated carbocycles. The molecular weight excluding hydrogens is 364 g/mol. The predicted octanol–water partition coefficient (Wildman–Crippen LogP) is 5.57. The molecule has 0 spiro atoms. The van der Waals surface area contributed by atoms with Crippen LogP contribution >= 0.6 is 11.6 Å². The third-order valence-electron chi connectivity index (χ3n) is 3.78. The van der Waals surface area contributed by atoms with Crippen molar-refractivity contribution in [1.29, 1.82) is 0 Å². The number of benzene rings is 3. The Hall–Kier alpha value is -3.18. The van der Waals surface area contributed by atoms with Crippen molar-refractivity contribution in [3.05, 3.63) is 83.4 Å². The smallest absolute Gasteiger partial charge is 0.323 e. The Morgan fingerprint density at radius 3 is 1.85 bits per heavy atom. The van der Waals surface area contributed by atoms with Crippen LogP contribution in [0.3, 0.4) is 0 Å². The molecule has 27 heavy (non-hydrogen) atoms. The number of methoxy groups -OCH3 is 1. The molecule has 6 heteroatoms. The van der Waals surface area contributed by atoms with Crippen molar-refractivity contribution in [2.45, 2.75) is 6.61 Å². The van der Waals surface area contributed by atoms with Crippen LogP contribution in [0.4, 0.5) is 16.2 Å². The van der Waals surface area contributed by atoms with E-state index in [1.165, 1.54) is 0 Å². The van der Waals surface area contributed by atoms with Gasteiger partial charge in [0.2, 0.25) is 0 Å². The number of carbonyl (C=O) groups excluding carboxylic acids is 1. The van der Waals surface area contributed by atoms with Crippen LogP contribution in [0.2, 0.25) is 5.02 Å². The first kappa shape index (κ1) is 18.6. The van der Waals surface area contributed by atoms with E-state index in [9.17, 15) is 4.79 Å². The van der Waals surface area contributed by atoms with Crippen molar-refractivity contribution in [2.24, 2.45) is 0 Å². The zero-order chi connectivity index (χ0) is 19.1. The van der Waals surface area contributed by atoms with Gasteiger partial charge in [0.05, 0.1) is 7.11 Å². The third kappa shape index (κ3) is 5.66. The molecule has 2 N–H and O–H groups in total. The Labute approximate surface area is 162 Å². The van der Waals surface area contributed by atoms with E-state index in [4.69, 9.17) is 21.1 Å². The highest BCUT2D eigenvalue weighted by Gasteiger charge is 2.04. The number of urea groups is 1. The molecule has 0 fully saturated rings. The van der Waals surface area contributed by atoms with Crippen LogP contribution in [-0.4, -0.2) is 13.1 Å². The monoisotopic (exact) mass is 382 g/mol. The summed E-state index contributed by atoms with van der Waals surface area (Å²) in [6, 6.07) is 21.4. The number of hydrogen-bond donors (Lipinski definition) is 2. The van der Waals surface area contributed by atoms with Crippen LogP contribution in [0, 0.1) is 0 Å². The van der Waals surface area contributed by atoms with E-state index in [-0.39, 0.29) is 6.03 Å². The summed E-state index contributed by atoms with van der Waals surface area (Å²) in [5, 5.41) is 6.23. The minimum absolute atomic E-state index is 0.324. The lowest BCUT2D eigenvalue weighted by molar-refractivity contribution is 0.262. The lowest BCUT2D eigenvalue weighted by atomic mass is 10.2. The highest BCUT2D eigenvalue weighted by atomic mass is 35.5. The van der Waals surface area contributed by atoms with Crippen LogP contribution in [-0.2, 0) is 6.61 Å². The van der Waals surface area contributed by atoms with Crippen LogP contribution in [0.5, 0.6) is 11.5 Å². The molecule has 0 bridgehead atoms. The topological polar surface area (TPSA) is 59.6 Å². The molecule has 3 rings (SSSR count). The second kappa shape index (κ2) is 8.96. The van der Waals surface area contributed by atoms with Gasteiger partial charge in [0.1, 0.15) is 18.1 Å². The van der Waals surface area contributed by atoms with E-state index >= 15 is 0 Å². The van der Waals surface area contributed by atoms with Gasteiger partial charge >= 0.3 is 6.03 Å². The van der Waals surface area contributed by atoms with E-state index in [2.05, 4.69) is 10.6 Å². The van der Waals surface area contributed by atoms with E-state index in [1.54, 1.807) is 55.6 Å². The molecular formula is C21H19ClN2O3. The quantitative estimate of drug-likeness (QED) is 0.585. The summed E-state index contributed by atoms with van der Waals surface area (Å²) in [6.07, 6.45) is 0. The molecule has 0 aliphatic heterocycles. The van der Waals surface area contributed by atoms with Crippen molar-refractivity contribution in [2.75, 3.05) is 17.7 Å². The number of carbonyl (C=O) groups is 1. The maximum Gasteiger partial charge on any atom is 0.323 e. The summed E-state index contributed by atoms with van der Waals surface area (Å²) in [6.45, 7) is 0.446. The summed E-state index contributed by atoms with van der Waals surface area (Å²) >= 11 is 5.87. The Bertz CT molecular complexity index is 879. The van der Waals surface area contributed by atoms with Gasteiger partial charge in [-0.3, -0.25) is 0 Å². The van der Waals surface area contributed by atoms with E-state index in [1.807, 2.05) is 24.3 Å². The number of amides is 2. The molecule has 0 unspecified atom stereocenters. The first-order valence-electron chi connectivity index (χ1n) is 8.32. The van der Waals surface area contributed by atoms with Crippen molar-refractivity contribution in [3.8, 4) is 11.5 Å². The highest BCUT2D eigenvalue weighted by Crippen LogP contribution is 2.19. The zero-order valence-electron chi connectivity index (χ0n) is 14.7. The van der Waals surface area contributed by atoms with E-state index in [0.29, 0.717) is 28.8 Å². The fourth-order valence-corrected chi connectivity index (χ4v) is 2.48. The van der Waals surface area contributed by atoms with E-state index < -0.39 is 0 Å². The molecule has 0 aromatic heterocycles. The number of hydrogen-bond acceptors (Lipinski definition) is 3. The number of nitrogens with one attached hydrogen (secondary N) is 2. The van der Waals surface area contributed by atoms with Gasteiger partial charge in [-0.15, -0.1) is 0 Å². The van der Waals surface area contributed by atoms with Gasteiger partial charge in [0.25, 0.3) is 0 Å². The van der Waals surface area contributed by atoms with Crippen molar-refractivity contribution < 1.29 is 14.3 Å². The molecule has 138 valence electrons. The van der Waals surface area contributed by atoms with Crippen molar-refractivity contribution in [1.82, 2.24) is 0 Å². The van der Waals surface area contributed by atoms with Gasteiger partial charge < -0.3 is 20.1 Å². The maximum absolute atomic E-state index is 12.1. The number of rotatable bonds is 6. The minimum atomic E-state index is -0.324. The Morgan fingerprint density at radius 1 is 0.815 bits per heavy atom. The number of halogens is 1. The van der Waals surface area contributed by atoms with Crippen molar-refractivity contribution in [3.63, 3.8) is 0 Å². The van der Waals surface area contributed by atoms with E-state index in [0.717, 1.165) is 11.3 Å². The standard InChI is InChI=1S/C21H19ClN2O3/c1-26-19-10-6-17(7-11-19)23-21(25)24-18-8-12-20(13-9-18)27-14-15-2-4-16(22)5-3-15/h2-13H,14H2,1H3,(H2,23,24,25). The van der Waals surface area contributed by atoms with Crippen LogP contribution in [0.25, 0.3) is 0 Å². The second-order valence-electron chi connectivity index (χ2n) is 5.75. The molecule has 0 aliphatic rings. The molecule has 3 aromatic rings. The maximum atomic E-state index is 12.1. The SMILES string of the molecule is COc1ccc(NC(=O)Nc2ccc(OCc3ccc(Cl)cc3)cc2)cc1. The molecule has 2 amide bonds. The van der Waals surface area contributed by atoms with Crippen LogP contribution in [0.15, 0.2) is 72.8 Å². The van der Waals surface area contributed by atoms with Gasteiger partial charge in [-0.25, -0.2) is 4.79 Å². The molecule has 0 heterocycles. The summed E-state index contributed by atoms with van der Waals surface area (Å²) in [5.74, 6) is 1.45. The molecule has 0 atom stereocenters. The summed E-state index contributed by atoms with van der Waals surface area (Å²) in [4.78, 5) is 12.1. The second-order valence-corrected chi connectivity index (χ2v) is 6.18. The lowest BCUT2D eigenvalue weighted by Crippen LogP contribution is -2.19. The van der Waals surface area contributed by atoms with Gasteiger partial charge in [0, 0.05) is 16.4 Å². The fourth-order valence-electron chi connectivity index (χ4n) is 2.35. The average molecular weight is 383 g/mol. The van der Waals surface area contributed by atoms with Crippen LogP contribution < -0.4 is 20.1 Å². The average Bonchev–Trinajstić information content (AvgIpc) is 2.69. The Balaban J connectivity index is 1.50. The van der Waals surface area contributed by atoms with Gasteiger partial charge in [-0.05, 0) is 66.2 Å². The Kier molecular flexibility index (Phi) is 6.18. The molecule has 3 aromatic carbocycles. The molecule has 0 radical (unpaired) electrons. The summed E-state index contributed by atoms with van der Waals surface area (Å²) in [5.41, 5.74) is 2.37. The predicted molar refractivity (Wildman–Crippen MR) is 108 cm³/mol. The molecule has 0 saturated heterocycles. The molecule has 5 nitrogen and oxygen atoms in total. The number of ether oxygens (including phenoxy) is 2.